The van der Waals surface area contributed by atoms with E-state index in [1.165, 1.54) is 22.5 Å². The molecule has 0 bridgehead atoms. The Morgan fingerprint density at radius 3 is 2.44 bits per heavy atom. The van der Waals surface area contributed by atoms with Crippen molar-refractivity contribution in [2.24, 2.45) is 0 Å². The van der Waals surface area contributed by atoms with Crippen LogP contribution in [0.3, 0.4) is 0 Å². The van der Waals surface area contributed by atoms with Gasteiger partial charge in [0.05, 0.1) is 28.2 Å². The lowest BCUT2D eigenvalue weighted by molar-refractivity contribution is -0.274. The van der Waals surface area contributed by atoms with Crippen molar-refractivity contribution < 1.29 is 26.3 Å². The Morgan fingerprint density at radius 2 is 1.88 bits per heavy atom. The third-order valence-electron chi connectivity index (χ3n) is 5.36. The molecule has 32 heavy (non-hydrogen) atoms. The molecule has 4 rings (SSSR count). The molecular formula is C22H20F3N3O3S. The van der Waals surface area contributed by atoms with Crippen LogP contribution in [0.15, 0.2) is 42.5 Å². The maximum absolute atomic E-state index is 12.7. The number of fused-ring (bicyclic) bond motifs is 1. The number of halogens is 3. The van der Waals surface area contributed by atoms with E-state index in [2.05, 4.69) is 10.8 Å². The van der Waals surface area contributed by atoms with Gasteiger partial charge in [-0.25, -0.2) is 8.42 Å². The number of anilines is 1. The number of ether oxygens (including phenoxy) is 1. The Balaban J connectivity index is 1.84. The fraction of sp³-hybridized carbons (Fsp3) is 0.318. The van der Waals surface area contributed by atoms with Crippen molar-refractivity contribution in [1.82, 2.24) is 4.57 Å². The summed E-state index contributed by atoms with van der Waals surface area (Å²) >= 11 is 0. The third kappa shape index (κ3) is 4.00. The van der Waals surface area contributed by atoms with Gasteiger partial charge >= 0.3 is 6.36 Å². The molecule has 10 heteroatoms. The predicted octanol–water partition coefficient (Wildman–Crippen LogP) is 5.03. The molecule has 1 aliphatic rings. The second-order valence-electron chi connectivity index (χ2n) is 7.50. The molecule has 6 nitrogen and oxygen atoms in total. The van der Waals surface area contributed by atoms with Gasteiger partial charge in [-0.15, -0.1) is 13.2 Å². The summed E-state index contributed by atoms with van der Waals surface area (Å²) in [5.74, 6) is -0.245. The number of nitriles is 1. The van der Waals surface area contributed by atoms with Crippen LogP contribution in [0.5, 0.6) is 5.75 Å². The monoisotopic (exact) mass is 463 g/mol. The molecule has 2 aromatic carbocycles. The molecular weight excluding hydrogens is 443 g/mol. The smallest absolute Gasteiger partial charge is 0.406 e. The van der Waals surface area contributed by atoms with Crippen LogP contribution in [0.1, 0.15) is 25.3 Å². The van der Waals surface area contributed by atoms with E-state index in [4.69, 9.17) is 0 Å². The summed E-state index contributed by atoms with van der Waals surface area (Å²) in [6, 6.07) is 12.9. The van der Waals surface area contributed by atoms with Crippen LogP contribution in [0.2, 0.25) is 0 Å². The molecule has 0 N–H and O–H groups in total. The van der Waals surface area contributed by atoms with Gasteiger partial charge < -0.3 is 9.30 Å². The first-order valence-electron chi connectivity index (χ1n) is 10.1. The van der Waals surface area contributed by atoms with E-state index in [1.54, 1.807) is 28.8 Å². The van der Waals surface area contributed by atoms with E-state index in [0.29, 0.717) is 59.3 Å². The molecule has 0 aliphatic carbocycles. The first kappa shape index (κ1) is 22.0. The molecule has 168 valence electrons. The van der Waals surface area contributed by atoms with Crippen LogP contribution in [-0.4, -0.2) is 31.6 Å². The van der Waals surface area contributed by atoms with Crippen molar-refractivity contribution in [3.8, 4) is 23.1 Å². The quantitative estimate of drug-likeness (QED) is 0.532. The summed E-state index contributed by atoms with van der Waals surface area (Å²) in [5, 5.41) is 10.4. The van der Waals surface area contributed by atoms with E-state index in [9.17, 15) is 26.9 Å². The average molecular weight is 463 g/mol. The lowest BCUT2D eigenvalue weighted by Crippen LogP contribution is -2.24. The number of aryl methyl sites for hydroxylation is 1. The number of hydrogen-bond acceptors (Lipinski definition) is 4. The summed E-state index contributed by atoms with van der Waals surface area (Å²) < 4.78 is 69.7. The van der Waals surface area contributed by atoms with Gasteiger partial charge in [0.25, 0.3) is 0 Å². The lowest BCUT2D eigenvalue weighted by Gasteiger charge is -2.17. The molecule has 0 saturated carbocycles. The second kappa shape index (κ2) is 8.06. The second-order valence-corrected chi connectivity index (χ2v) is 9.52. The van der Waals surface area contributed by atoms with Crippen molar-refractivity contribution in [3.63, 3.8) is 0 Å². The van der Waals surface area contributed by atoms with Crippen LogP contribution in [0.25, 0.3) is 22.2 Å². The van der Waals surface area contributed by atoms with Crippen LogP contribution < -0.4 is 9.04 Å². The van der Waals surface area contributed by atoms with Gasteiger partial charge in [-0.3, -0.25) is 4.31 Å². The minimum atomic E-state index is -4.82. The fourth-order valence-electron chi connectivity index (χ4n) is 4.11. The standard InChI is InChI=1S/C22H20F3N3O3S/c1-2-10-27-20-13-17(31-22(23,24)25)8-9-18(20)19(14-26)21(27)15-4-6-16(7-5-15)28-11-3-12-32(28,29)30/h4-9,13H,2-3,10-12H2,1H3. The first-order valence-corrected chi connectivity index (χ1v) is 11.7. The lowest BCUT2D eigenvalue weighted by atomic mass is 10.1. The Morgan fingerprint density at radius 1 is 1.16 bits per heavy atom. The number of sulfonamides is 1. The van der Waals surface area contributed by atoms with E-state index in [1.807, 2.05) is 6.92 Å². The number of hydrogen-bond donors (Lipinski definition) is 0. The topological polar surface area (TPSA) is 75.3 Å². The minimum absolute atomic E-state index is 0.112. The number of benzene rings is 2. The summed E-state index contributed by atoms with van der Waals surface area (Å²) in [6.07, 6.45) is -3.56. The van der Waals surface area contributed by atoms with Crippen LogP contribution >= 0.6 is 0 Å². The highest BCUT2D eigenvalue weighted by atomic mass is 32.2. The maximum Gasteiger partial charge on any atom is 0.573 e. The fourth-order valence-corrected chi connectivity index (χ4v) is 5.68. The Labute approximate surface area is 183 Å². The van der Waals surface area contributed by atoms with Gasteiger partial charge in [0.15, 0.2) is 0 Å². The number of rotatable bonds is 5. The normalized spacial score (nSPS) is 15.8. The molecule has 0 spiro atoms. The van der Waals surface area contributed by atoms with E-state index < -0.39 is 16.4 Å². The molecule has 1 saturated heterocycles. The molecule has 1 fully saturated rings. The van der Waals surface area contributed by atoms with Crippen molar-refractivity contribution in [1.29, 1.82) is 5.26 Å². The highest BCUT2D eigenvalue weighted by molar-refractivity contribution is 7.93. The van der Waals surface area contributed by atoms with Gasteiger partial charge in [0.1, 0.15) is 11.8 Å². The molecule has 3 aromatic rings. The van der Waals surface area contributed by atoms with E-state index >= 15 is 0 Å². The zero-order chi connectivity index (χ0) is 23.1. The average Bonchev–Trinajstić information content (AvgIpc) is 3.23. The van der Waals surface area contributed by atoms with E-state index in [0.717, 1.165) is 0 Å². The van der Waals surface area contributed by atoms with Gasteiger partial charge in [0.2, 0.25) is 10.0 Å². The van der Waals surface area contributed by atoms with E-state index in [-0.39, 0.29) is 11.5 Å². The van der Waals surface area contributed by atoms with Gasteiger partial charge in [-0.05, 0) is 42.7 Å². The summed E-state index contributed by atoms with van der Waals surface area (Å²) in [7, 11) is -3.32. The Kier molecular flexibility index (Phi) is 5.54. The van der Waals surface area contributed by atoms with Crippen molar-refractivity contribution >= 4 is 26.6 Å². The highest BCUT2D eigenvalue weighted by Gasteiger charge is 2.32. The first-order chi connectivity index (χ1) is 15.1. The number of nitrogens with zero attached hydrogens (tertiary/aromatic N) is 3. The summed E-state index contributed by atoms with van der Waals surface area (Å²) in [4.78, 5) is 0. The van der Waals surface area contributed by atoms with Crippen molar-refractivity contribution in [2.45, 2.75) is 32.7 Å². The van der Waals surface area contributed by atoms with Crippen LogP contribution in [0.4, 0.5) is 18.9 Å². The number of alkyl halides is 3. The largest absolute Gasteiger partial charge is 0.573 e. The highest BCUT2D eigenvalue weighted by Crippen LogP contribution is 2.37. The summed E-state index contributed by atoms with van der Waals surface area (Å²) in [5.41, 5.74) is 2.60. The zero-order valence-electron chi connectivity index (χ0n) is 17.2. The predicted molar refractivity (Wildman–Crippen MR) is 115 cm³/mol. The molecule has 2 heterocycles. The van der Waals surface area contributed by atoms with Crippen molar-refractivity contribution in [2.75, 3.05) is 16.6 Å². The van der Waals surface area contributed by atoms with Gasteiger partial charge in [-0.1, -0.05) is 19.1 Å². The molecule has 0 unspecified atom stereocenters. The van der Waals surface area contributed by atoms with Gasteiger partial charge in [0, 0.05) is 24.5 Å². The summed E-state index contributed by atoms with van der Waals surface area (Å²) in [6.45, 7) is 2.83. The van der Waals surface area contributed by atoms with Crippen LogP contribution in [-0.2, 0) is 16.6 Å². The molecule has 0 amide bonds. The minimum Gasteiger partial charge on any atom is -0.406 e. The number of aromatic nitrogens is 1. The SMILES string of the molecule is CCCn1c(-c2ccc(N3CCCS3(=O)=O)cc2)c(C#N)c2ccc(OC(F)(F)F)cc21. The van der Waals surface area contributed by atoms with Crippen LogP contribution in [0, 0.1) is 11.3 Å². The third-order valence-corrected chi connectivity index (χ3v) is 7.23. The Hall–Kier alpha value is -3.19. The molecule has 0 atom stereocenters. The zero-order valence-corrected chi connectivity index (χ0v) is 18.0. The molecule has 0 radical (unpaired) electrons. The maximum atomic E-state index is 12.7. The Bertz CT molecular complexity index is 1310. The van der Waals surface area contributed by atoms with Gasteiger partial charge in [-0.2, -0.15) is 5.26 Å². The molecule has 1 aliphatic heterocycles. The molecule has 1 aromatic heterocycles. The van der Waals surface area contributed by atoms with Crippen molar-refractivity contribution in [3.05, 3.63) is 48.0 Å².